The second-order valence-corrected chi connectivity index (χ2v) is 11.4. The molecule has 5 nitrogen and oxygen atoms in total. The summed E-state index contributed by atoms with van der Waals surface area (Å²) >= 11 is 0. The SMILES string of the molecule is C=C1C=C(C(C)=NC)C=CN1/C(=C\C(C)CC)c1cccc([N+](C)(C)C(=O)[N+](C)(C)CC(C)(F)CC)c1. The summed E-state index contributed by atoms with van der Waals surface area (Å²) in [5.41, 5.74) is 4.29. The van der Waals surface area contributed by atoms with E-state index < -0.39 is 5.67 Å². The number of halogens is 1. The van der Waals surface area contributed by atoms with Crippen LogP contribution < -0.4 is 4.48 Å². The Morgan fingerprint density at radius 3 is 2.43 bits per heavy atom. The van der Waals surface area contributed by atoms with Gasteiger partial charge in [-0.2, -0.15) is 9.28 Å². The van der Waals surface area contributed by atoms with Gasteiger partial charge in [-0.1, -0.05) is 52.0 Å². The van der Waals surface area contributed by atoms with Crippen LogP contribution in [-0.4, -0.2) is 68.6 Å². The van der Waals surface area contributed by atoms with Gasteiger partial charge in [-0.05, 0) is 50.0 Å². The topological polar surface area (TPSA) is 32.7 Å². The molecule has 1 aliphatic rings. The van der Waals surface area contributed by atoms with Crippen molar-refractivity contribution in [2.45, 2.75) is 53.1 Å². The van der Waals surface area contributed by atoms with Crippen molar-refractivity contribution in [1.82, 2.24) is 9.38 Å². The fraction of sp³-hybridized carbons (Fsp3) is 0.484. The van der Waals surface area contributed by atoms with Gasteiger partial charge in [-0.15, -0.1) is 0 Å². The van der Waals surface area contributed by atoms with Crippen molar-refractivity contribution >= 4 is 23.1 Å². The Morgan fingerprint density at radius 1 is 1.24 bits per heavy atom. The number of allylic oxidation sites excluding steroid dienone is 4. The molecule has 202 valence electrons. The van der Waals surface area contributed by atoms with Gasteiger partial charge in [0.05, 0.1) is 28.2 Å². The maximum Gasteiger partial charge on any atom is 0.518 e. The van der Waals surface area contributed by atoms with E-state index in [0.29, 0.717) is 12.3 Å². The van der Waals surface area contributed by atoms with E-state index >= 15 is 0 Å². The fourth-order valence-electron chi connectivity index (χ4n) is 4.64. The van der Waals surface area contributed by atoms with Crippen LogP contribution in [-0.2, 0) is 0 Å². The van der Waals surface area contributed by atoms with Crippen molar-refractivity contribution in [2.24, 2.45) is 10.9 Å². The van der Waals surface area contributed by atoms with Crippen molar-refractivity contribution in [3.8, 4) is 0 Å². The first-order chi connectivity index (χ1) is 17.1. The Bertz CT molecular complexity index is 1140. The molecule has 2 amide bonds. The first-order valence-electron chi connectivity index (χ1n) is 13.1. The second kappa shape index (κ2) is 11.7. The molecule has 1 aliphatic heterocycles. The lowest BCUT2D eigenvalue weighted by atomic mass is 10.00. The zero-order chi connectivity index (χ0) is 28.2. The predicted molar refractivity (Wildman–Crippen MR) is 157 cm³/mol. The van der Waals surface area contributed by atoms with Gasteiger partial charge in [-0.25, -0.2) is 8.87 Å². The Kier molecular flexibility index (Phi) is 9.61. The summed E-state index contributed by atoms with van der Waals surface area (Å²) in [7, 11) is 9.13. The van der Waals surface area contributed by atoms with Gasteiger partial charge < -0.3 is 4.90 Å². The summed E-state index contributed by atoms with van der Waals surface area (Å²) in [6.45, 7) is 14.2. The molecule has 37 heavy (non-hydrogen) atoms. The summed E-state index contributed by atoms with van der Waals surface area (Å²) in [4.78, 5) is 20.2. The van der Waals surface area contributed by atoms with E-state index in [9.17, 15) is 9.18 Å². The Hall–Kier alpha value is -2.83. The number of aliphatic imine (C=N–C) groups is 1. The lowest BCUT2D eigenvalue weighted by Crippen LogP contribution is -2.63. The molecule has 2 atom stereocenters. The van der Waals surface area contributed by atoms with Gasteiger partial charge in [0.1, 0.15) is 12.2 Å². The Balaban J connectivity index is 2.53. The molecule has 2 rings (SSSR count). The van der Waals surface area contributed by atoms with E-state index in [1.807, 2.05) is 52.4 Å². The lowest BCUT2D eigenvalue weighted by molar-refractivity contribution is -0.818. The molecule has 6 heteroatoms. The smallest absolute Gasteiger partial charge is 0.317 e. The molecule has 0 N–H and O–H groups in total. The van der Waals surface area contributed by atoms with Crippen LogP contribution in [0, 0.1) is 5.92 Å². The van der Waals surface area contributed by atoms with Gasteiger partial charge in [0.15, 0.2) is 5.67 Å². The number of benzene rings is 1. The highest BCUT2D eigenvalue weighted by molar-refractivity contribution is 6.01. The lowest BCUT2D eigenvalue weighted by Gasteiger charge is -2.36. The van der Waals surface area contributed by atoms with E-state index in [1.54, 1.807) is 28.1 Å². The van der Waals surface area contributed by atoms with E-state index in [4.69, 9.17) is 0 Å². The monoisotopic (exact) mass is 510 g/mol. The highest BCUT2D eigenvalue weighted by Gasteiger charge is 2.47. The average Bonchev–Trinajstić information content (AvgIpc) is 2.85. The number of carbonyl (C=O) groups excluding carboxylic acids is 1. The van der Waals surface area contributed by atoms with E-state index in [0.717, 1.165) is 40.4 Å². The van der Waals surface area contributed by atoms with E-state index in [2.05, 4.69) is 54.6 Å². The highest BCUT2D eigenvalue weighted by Crippen LogP contribution is 2.33. The summed E-state index contributed by atoms with van der Waals surface area (Å²) in [6.07, 6.45) is 9.75. The molecule has 1 heterocycles. The van der Waals surface area contributed by atoms with Crippen molar-refractivity contribution < 1.29 is 13.7 Å². The minimum atomic E-state index is -1.42. The van der Waals surface area contributed by atoms with Crippen LogP contribution in [0.5, 0.6) is 0 Å². The number of carbonyl (C=O) groups is 1. The van der Waals surface area contributed by atoms with Gasteiger partial charge in [0.25, 0.3) is 0 Å². The molecule has 0 radical (unpaired) electrons. The number of rotatable bonds is 9. The van der Waals surface area contributed by atoms with Crippen LogP contribution in [0.15, 0.2) is 71.5 Å². The van der Waals surface area contributed by atoms with Gasteiger partial charge in [0, 0.05) is 42.0 Å². The molecule has 0 saturated heterocycles. The van der Waals surface area contributed by atoms with E-state index in [1.165, 1.54) is 0 Å². The molecule has 0 aliphatic carbocycles. The largest absolute Gasteiger partial charge is 0.518 e. The minimum Gasteiger partial charge on any atom is -0.317 e. The van der Waals surface area contributed by atoms with Crippen molar-refractivity contribution in [1.29, 1.82) is 0 Å². The summed E-state index contributed by atoms with van der Waals surface area (Å²) < 4.78 is 14.9. The van der Waals surface area contributed by atoms with Crippen LogP contribution in [0.3, 0.4) is 0 Å². The summed E-state index contributed by atoms with van der Waals surface area (Å²) in [5.74, 6) is 0.347. The number of nitrogens with zero attached hydrogens (tertiary/aromatic N) is 4. The number of urea groups is 1. The number of amides is 2. The number of alkyl halides is 1. The molecule has 1 aromatic rings. The molecule has 2 unspecified atom stereocenters. The molecular weight excluding hydrogens is 463 g/mol. The van der Waals surface area contributed by atoms with Crippen molar-refractivity contribution in [3.63, 3.8) is 0 Å². The van der Waals surface area contributed by atoms with Crippen LogP contribution in [0.2, 0.25) is 0 Å². The van der Waals surface area contributed by atoms with Gasteiger partial charge in [0.2, 0.25) is 0 Å². The Morgan fingerprint density at radius 2 is 1.89 bits per heavy atom. The maximum atomic E-state index is 14.9. The molecule has 0 spiro atoms. The van der Waals surface area contributed by atoms with Crippen LogP contribution in [0.4, 0.5) is 14.9 Å². The van der Waals surface area contributed by atoms with Crippen LogP contribution in [0.1, 0.15) is 53.0 Å². The number of hydrogen-bond acceptors (Lipinski definition) is 3. The number of quaternary nitrogens is 2. The third kappa shape index (κ3) is 7.14. The average molecular weight is 511 g/mol. The standard InChI is InChI=1S/C31H47FN4O/c1-12-23(3)19-29(34-18-17-26(20-24(34)4)25(5)33-7)27-15-14-16-28(21-27)36(10,11)30(37)35(8,9)22-31(6,32)13-2/h14-21,23H,4,12-13,22H2,1-3,5-11H3/q+2/b29-19-,33-25?. The normalized spacial score (nSPS) is 18.0. The maximum absolute atomic E-state index is 14.9. The highest BCUT2D eigenvalue weighted by atomic mass is 19.1. The molecule has 0 bridgehead atoms. The summed E-state index contributed by atoms with van der Waals surface area (Å²) in [5, 5.41) is 0. The van der Waals surface area contributed by atoms with Crippen molar-refractivity contribution in [3.05, 3.63) is 72.1 Å². The zero-order valence-electron chi connectivity index (χ0n) is 24.6. The van der Waals surface area contributed by atoms with Gasteiger partial charge in [-0.3, -0.25) is 4.99 Å². The van der Waals surface area contributed by atoms with Crippen LogP contribution in [0.25, 0.3) is 5.70 Å². The van der Waals surface area contributed by atoms with Gasteiger partial charge >= 0.3 is 6.03 Å². The molecule has 0 saturated carbocycles. The molecule has 0 aromatic heterocycles. The molecule has 1 aromatic carbocycles. The van der Waals surface area contributed by atoms with E-state index in [-0.39, 0.29) is 21.5 Å². The van der Waals surface area contributed by atoms with Crippen LogP contribution >= 0.6 is 0 Å². The molecular formula is C31H47FN4O+2. The third-order valence-electron chi connectivity index (χ3n) is 7.38. The minimum absolute atomic E-state index is 0.00421. The zero-order valence-corrected chi connectivity index (χ0v) is 24.6. The molecule has 0 fully saturated rings. The third-order valence-corrected chi connectivity index (χ3v) is 7.38. The Labute approximate surface area is 224 Å². The second-order valence-electron chi connectivity index (χ2n) is 11.4. The first-order valence-corrected chi connectivity index (χ1v) is 13.1. The number of hydrogen-bond donors (Lipinski definition) is 0. The fourth-order valence-corrected chi connectivity index (χ4v) is 4.64. The predicted octanol–water partition coefficient (Wildman–Crippen LogP) is 7.34. The van der Waals surface area contributed by atoms with Crippen molar-refractivity contribution in [2.75, 3.05) is 41.8 Å². The first kappa shape index (κ1) is 30.4. The summed E-state index contributed by atoms with van der Waals surface area (Å²) in [6, 6.07) is 8.01. The quantitative estimate of drug-likeness (QED) is 0.257.